The fraction of sp³-hybridized carbons (Fsp3) is 0.0161. The van der Waals surface area contributed by atoms with Crippen LogP contribution < -0.4 is 0 Å². The second-order valence-electron chi connectivity index (χ2n) is 17.1. The molecule has 0 amide bonds. The average molecular weight is 826 g/mol. The van der Waals surface area contributed by atoms with Crippen LogP contribution in [0.5, 0.6) is 0 Å². The SMILES string of the molecule is c1ccc(-c2ccc(-c3nc(-c4ccccc4)nc(-c4ccc5c(c4)C(c4ccccc4)(c4ccccc4)c4cc(-c6ccc7ccc8cccc9ccc6c7c89)ccc4-5)n3)cc2)cc1. The zero-order chi connectivity index (χ0) is 42.9. The van der Waals surface area contributed by atoms with E-state index < -0.39 is 5.41 Å². The number of rotatable bonds is 7. The molecule has 0 saturated carbocycles. The molecule has 12 aromatic rings. The van der Waals surface area contributed by atoms with E-state index in [0.717, 1.165) is 22.3 Å². The molecule has 0 spiro atoms. The smallest absolute Gasteiger partial charge is 0.164 e. The lowest BCUT2D eigenvalue weighted by molar-refractivity contribution is 0.769. The van der Waals surface area contributed by atoms with Crippen molar-refractivity contribution in [3.8, 4) is 67.5 Å². The predicted molar refractivity (Wildman–Crippen MR) is 268 cm³/mol. The molecular weight excluding hydrogens is 787 g/mol. The van der Waals surface area contributed by atoms with Gasteiger partial charge in [0.25, 0.3) is 0 Å². The molecule has 13 rings (SSSR count). The van der Waals surface area contributed by atoms with Crippen molar-refractivity contribution in [1.82, 2.24) is 15.0 Å². The molecule has 0 bridgehead atoms. The van der Waals surface area contributed by atoms with Crippen LogP contribution in [0.15, 0.2) is 237 Å². The Morgan fingerprint density at radius 1 is 0.262 bits per heavy atom. The molecule has 0 atom stereocenters. The van der Waals surface area contributed by atoms with Crippen LogP contribution in [0, 0.1) is 0 Å². The van der Waals surface area contributed by atoms with Crippen LogP contribution in [0.1, 0.15) is 22.3 Å². The lowest BCUT2D eigenvalue weighted by Gasteiger charge is -2.34. The summed E-state index contributed by atoms with van der Waals surface area (Å²) < 4.78 is 0. The lowest BCUT2D eigenvalue weighted by atomic mass is 9.67. The fourth-order valence-electron chi connectivity index (χ4n) is 10.6. The summed E-state index contributed by atoms with van der Waals surface area (Å²) in [5.74, 6) is 1.90. The van der Waals surface area contributed by atoms with Crippen LogP contribution >= 0.6 is 0 Å². The van der Waals surface area contributed by atoms with Crippen LogP contribution in [0.2, 0.25) is 0 Å². The summed E-state index contributed by atoms with van der Waals surface area (Å²) in [6.45, 7) is 0. The van der Waals surface area contributed by atoms with Gasteiger partial charge in [0.1, 0.15) is 0 Å². The third-order valence-corrected chi connectivity index (χ3v) is 13.6. The standard InChI is InChI=1S/C62H39N3/c1-5-14-40(15-6-1)41-24-28-46(29-25-41)60-63-59(45-16-7-2-8-17-45)64-61(65-60)48-33-36-53-52-35-32-47(51-34-30-44-27-26-42-18-13-19-43-31-37-54(51)58(44)57(42)43)38-55(52)62(56(53)39-48,49-20-9-3-10-21-49)50-22-11-4-12-23-50/h1-39H. The second-order valence-corrected chi connectivity index (χ2v) is 17.1. The first kappa shape index (κ1) is 37.1. The largest absolute Gasteiger partial charge is 0.208 e. The molecule has 65 heavy (non-hydrogen) atoms. The molecule has 1 aliphatic rings. The first-order chi connectivity index (χ1) is 32.2. The van der Waals surface area contributed by atoms with Crippen LogP contribution in [-0.4, -0.2) is 15.0 Å². The van der Waals surface area contributed by atoms with Gasteiger partial charge in [0.15, 0.2) is 17.5 Å². The summed E-state index contributed by atoms with van der Waals surface area (Å²) in [5, 5.41) is 7.72. The van der Waals surface area contributed by atoms with E-state index in [4.69, 9.17) is 15.0 Å². The first-order valence-electron chi connectivity index (χ1n) is 22.3. The van der Waals surface area contributed by atoms with Crippen molar-refractivity contribution < 1.29 is 0 Å². The number of aromatic nitrogens is 3. The van der Waals surface area contributed by atoms with Crippen molar-refractivity contribution in [3.05, 3.63) is 259 Å². The minimum absolute atomic E-state index is 0.629. The monoisotopic (exact) mass is 825 g/mol. The van der Waals surface area contributed by atoms with E-state index in [0.29, 0.717) is 17.5 Å². The van der Waals surface area contributed by atoms with Crippen molar-refractivity contribution in [2.24, 2.45) is 0 Å². The van der Waals surface area contributed by atoms with Gasteiger partial charge in [-0.15, -0.1) is 0 Å². The fourth-order valence-corrected chi connectivity index (χ4v) is 10.6. The van der Waals surface area contributed by atoms with Crippen LogP contribution in [-0.2, 0) is 5.41 Å². The lowest BCUT2D eigenvalue weighted by Crippen LogP contribution is -2.28. The molecule has 0 N–H and O–H groups in total. The Hall–Kier alpha value is -8.53. The Balaban J connectivity index is 1.02. The third kappa shape index (κ3) is 5.86. The molecule has 0 radical (unpaired) electrons. The van der Waals surface area contributed by atoms with Gasteiger partial charge in [0, 0.05) is 16.7 Å². The summed E-state index contributed by atoms with van der Waals surface area (Å²) in [4.78, 5) is 15.6. The van der Waals surface area contributed by atoms with Gasteiger partial charge in [-0.3, -0.25) is 0 Å². The number of fused-ring (bicyclic) bond motifs is 3. The Bertz CT molecular complexity index is 3680. The van der Waals surface area contributed by atoms with Crippen molar-refractivity contribution in [1.29, 1.82) is 0 Å². The summed E-state index contributed by atoms with van der Waals surface area (Å²) in [7, 11) is 0. The first-order valence-corrected chi connectivity index (χ1v) is 22.3. The average Bonchev–Trinajstić information content (AvgIpc) is 3.68. The van der Waals surface area contributed by atoms with Crippen LogP contribution in [0.25, 0.3) is 99.9 Å². The normalized spacial score (nSPS) is 12.7. The molecule has 3 heteroatoms. The molecule has 302 valence electrons. The van der Waals surface area contributed by atoms with Crippen molar-refractivity contribution >= 4 is 32.3 Å². The summed E-state index contributed by atoms with van der Waals surface area (Å²) in [6.07, 6.45) is 0. The highest BCUT2D eigenvalue weighted by molar-refractivity contribution is 6.25. The van der Waals surface area contributed by atoms with Gasteiger partial charge in [-0.25, -0.2) is 15.0 Å². The quantitative estimate of drug-likeness (QED) is 0.150. The van der Waals surface area contributed by atoms with Crippen LogP contribution in [0.4, 0.5) is 0 Å². The predicted octanol–water partition coefficient (Wildman–Crippen LogP) is 15.5. The van der Waals surface area contributed by atoms with Gasteiger partial charge >= 0.3 is 0 Å². The maximum atomic E-state index is 5.26. The van der Waals surface area contributed by atoms with E-state index in [1.54, 1.807) is 0 Å². The van der Waals surface area contributed by atoms with Gasteiger partial charge in [-0.2, -0.15) is 0 Å². The summed E-state index contributed by atoms with van der Waals surface area (Å²) >= 11 is 0. The third-order valence-electron chi connectivity index (χ3n) is 13.6. The molecule has 0 saturated heterocycles. The summed E-state index contributed by atoms with van der Waals surface area (Å²) in [6, 6.07) is 85.5. The Morgan fingerprint density at radius 2 is 0.662 bits per heavy atom. The topological polar surface area (TPSA) is 38.7 Å². The maximum Gasteiger partial charge on any atom is 0.164 e. The number of hydrogen-bond donors (Lipinski definition) is 0. The van der Waals surface area contributed by atoms with Gasteiger partial charge in [0.05, 0.1) is 5.41 Å². The minimum atomic E-state index is -0.644. The zero-order valence-electron chi connectivity index (χ0n) is 35.4. The van der Waals surface area contributed by atoms with E-state index in [-0.39, 0.29) is 0 Å². The minimum Gasteiger partial charge on any atom is -0.208 e. The molecule has 0 unspecified atom stereocenters. The molecule has 3 nitrogen and oxygen atoms in total. The van der Waals surface area contributed by atoms with Gasteiger partial charge < -0.3 is 0 Å². The van der Waals surface area contributed by atoms with Gasteiger partial charge in [-0.1, -0.05) is 224 Å². The molecule has 11 aromatic carbocycles. The maximum absolute atomic E-state index is 5.26. The van der Waals surface area contributed by atoms with Crippen molar-refractivity contribution in [3.63, 3.8) is 0 Å². The molecule has 0 fully saturated rings. The number of nitrogens with zero attached hydrogens (tertiary/aromatic N) is 3. The molecule has 1 heterocycles. The molecule has 1 aliphatic carbocycles. The Morgan fingerprint density at radius 3 is 1.26 bits per heavy atom. The van der Waals surface area contributed by atoms with E-state index in [1.165, 1.54) is 82.4 Å². The number of hydrogen-bond acceptors (Lipinski definition) is 3. The van der Waals surface area contributed by atoms with E-state index >= 15 is 0 Å². The van der Waals surface area contributed by atoms with E-state index in [1.807, 2.05) is 24.3 Å². The number of benzene rings is 11. The highest BCUT2D eigenvalue weighted by atomic mass is 15.0. The second kappa shape index (κ2) is 14.8. The van der Waals surface area contributed by atoms with Crippen molar-refractivity contribution in [2.45, 2.75) is 5.41 Å². The zero-order valence-corrected chi connectivity index (χ0v) is 35.4. The van der Waals surface area contributed by atoms with Gasteiger partial charge in [0.2, 0.25) is 0 Å². The molecular formula is C62H39N3. The van der Waals surface area contributed by atoms with E-state index in [9.17, 15) is 0 Å². The highest BCUT2D eigenvalue weighted by Gasteiger charge is 2.46. The highest BCUT2D eigenvalue weighted by Crippen LogP contribution is 2.57. The Kier molecular flexibility index (Phi) is 8.44. The Labute approximate surface area is 377 Å². The molecule has 1 aromatic heterocycles. The van der Waals surface area contributed by atoms with Crippen LogP contribution in [0.3, 0.4) is 0 Å². The molecule has 0 aliphatic heterocycles. The van der Waals surface area contributed by atoms with Crippen molar-refractivity contribution in [2.75, 3.05) is 0 Å². The summed E-state index contributed by atoms with van der Waals surface area (Å²) in [5.41, 5.74) is 14.2. The van der Waals surface area contributed by atoms with Gasteiger partial charge in [-0.05, 0) is 100 Å². The van der Waals surface area contributed by atoms with E-state index in [2.05, 4.69) is 212 Å².